The molecule has 1 fully saturated rings. The molecule has 0 aliphatic carbocycles. The van der Waals surface area contributed by atoms with Gasteiger partial charge in [0.15, 0.2) is 0 Å². The highest BCUT2D eigenvalue weighted by molar-refractivity contribution is 6.00. The van der Waals surface area contributed by atoms with Gasteiger partial charge >= 0.3 is 0 Å². The Balaban J connectivity index is 1.46. The van der Waals surface area contributed by atoms with Crippen LogP contribution in [0.15, 0.2) is 84.8 Å². The van der Waals surface area contributed by atoms with E-state index < -0.39 is 0 Å². The van der Waals surface area contributed by atoms with Gasteiger partial charge in [0.1, 0.15) is 0 Å². The molecule has 3 heterocycles. The number of benzene rings is 2. The van der Waals surface area contributed by atoms with Crippen molar-refractivity contribution in [3.05, 3.63) is 107 Å². The number of amides is 2. The van der Waals surface area contributed by atoms with Crippen LogP contribution in [0.3, 0.4) is 0 Å². The van der Waals surface area contributed by atoms with Crippen LogP contribution in [0.5, 0.6) is 0 Å². The minimum Gasteiger partial charge on any atom is -0.359 e. The third kappa shape index (κ3) is 5.27. The van der Waals surface area contributed by atoms with E-state index in [9.17, 15) is 9.59 Å². The van der Waals surface area contributed by atoms with Crippen molar-refractivity contribution in [2.45, 2.75) is 31.8 Å². The zero-order valence-electron chi connectivity index (χ0n) is 21.4. The number of aromatic nitrogens is 1. The molecule has 0 saturated carbocycles. The van der Waals surface area contributed by atoms with Gasteiger partial charge in [-0.2, -0.15) is 0 Å². The molecule has 0 bridgehead atoms. The van der Waals surface area contributed by atoms with Gasteiger partial charge in [-0.15, -0.1) is 0 Å². The summed E-state index contributed by atoms with van der Waals surface area (Å²) in [5.41, 5.74) is 5.82. The van der Waals surface area contributed by atoms with Gasteiger partial charge in [0.25, 0.3) is 5.91 Å². The number of pyridine rings is 1. The van der Waals surface area contributed by atoms with Crippen molar-refractivity contribution in [1.82, 2.24) is 20.1 Å². The molecule has 1 unspecified atom stereocenters. The van der Waals surface area contributed by atoms with Crippen LogP contribution in [0.2, 0.25) is 0 Å². The number of anilines is 1. The van der Waals surface area contributed by atoms with Crippen LogP contribution in [-0.2, 0) is 11.2 Å². The molecular formula is C30H33N5O2. The molecule has 0 spiro atoms. The van der Waals surface area contributed by atoms with Crippen LogP contribution >= 0.6 is 0 Å². The fourth-order valence-corrected chi connectivity index (χ4v) is 5.39. The number of hydrogen-bond acceptors (Lipinski definition) is 5. The summed E-state index contributed by atoms with van der Waals surface area (Å²) in [5.74, 6) is -0.0885. The lowest BCUT2D eigenvalue weighted by Crippen LogP contribution is -2.56. The summed E-state index contributed by atoms with van der Waals surface area (Å²) in [6.07, 6.45) is 6.64. The van der Waals surface area contributed by atoms with Crippen LogP contribution in [0.25, 0.3) is 0 Å². The zero-order valence-corrected chi connectivity index (χ0v) is 21.4. The molecular weight excluding hydrogens is 462 g/mol. The Hall–Kier alpha value is -3.97. The predicted octanol–water partition coefficient (Wildman–Crippen LogP) is 4.01. The van der Waals surface area contributed by atoms with E-state index >= 15 is 0 Å². The Bertz CT molecular complexity index is 1250. The van der Waals surface area contributed by atoms with Gasteiger partial charge < -0.3 is 15.5 Å². The monoisotopic (exact) mass is 495 g/mol. The summed E-state index contributed by atoms with van der Waals surface area (Å²) in [6, 6.07) is 20.6. The highest BCUT2D eigenvalue weighted by atomic mass is 16.2. The lowest BCUT2D eigenvalue weighted by molar-refractivity contribution is -0.122. The first-order chi connectivity index (χ1) is 18.0. The topological polar surface area (TPSA) is 77.6 Å². The molecule has 1 atom stereocenters. The quantitative estimate of drug-likeness (QED) is 0.541. The van der Waals surface area contributed by atoms with Gasteiger partial charge in [0.05, 0.1) is 17.3 Å². The molecule has 0 radical (unpaired) electrons. The highest BCUT2D eigenvalue weighted by Gasteiger charge is 2.37. The summed E-state index contributed by atoms with van der Waals surface area (Å²) in [5, 5.41) is 6.15. The third-order valence-electron chi connectivity index (χ3n) is 7.28. The second kappa shape index (κ2) is 11.0. The van der Waals surface area contributed by atoms with Gasteiger partial charge in [-0.05, 0) is 30.0 Å². The number of piperazine rings is 1. The van der Waals surface area contributed by atoms with Crippen molar-refractivity contribution in [1.29, 1.82) is 0 Å². The number of carbonyl (C=O) groups excluding carboxylic acids is 2. The van der Waals surface area contributed by atoms with Crippen LogP contribution in [0.1, 0.15) is 46.4 Å². The minimum absolute atomic E-state index is 0.0186. The molecule has 2 aliphatic heterocycles. The van der Waals surface area contributed by atoms with E-state index in [1.807, 2.05) is 54.4 Å². The number of allylic oxidation sites excluding steroid dienone is 2. The molecule has 5 rings (SSSR count). The van der Waals surface area contributed by atoms with Gasteiger partial charge in [0.2, 0.25) is 5.91 Å². The van der Waals surface area contributed by atoms with Crippen molar-refractivity contribution in [2.24, 2.45) is 0 Å². The van der Waals surface area contributed by atoms with Gasteiger partial charge in [0, 0.05) is 57.2 Å². The predicted molar refractivity (Wildman–Crippen MR) is 145 cm³/mol. The zero-order chi connectivity index (χ0) is 25.8. The first kappa shape index (κ1) is 24.7. The average Bonchev–Trinajstić information content (AvgIpc) is 2.94. The van der Waals surface area contributed by atoms with Gasteiger partial charge in [-0.1, -0.05) is 66.7 Å². The van der Waals surface area contributed by atoms with Crippen molar-refractivity contribution in [3.63, 3.8) is 0 Å². The molecule has 7 heteroatoms. The molecule has 3 aromatic rings. The van der Waals surface area contributed by atoms with E-state index in [1.165, 1.54) is 11.1 Å². The Morgan fingerprint density at radius 1 is 1.03 bits per heavy atom. The molecule has 1 saturated heterocycles. The van der Waals surface area contributed by atoms with Gasteiger partial charge in [-0.3, -0.25) is 19.5 Å². The summed E-state index contributed by atoms with van der Waals surface area (Å²) >= 11 is 0. The standard InChI is InChI=1S/C30H33N5O2/c1-21-13-14-24-18-32-19-26(28(24)33-21)30(37)34-15-16-35(25(20-34)17-27(36)31-2)29(22-9-5-3-6-10-22)23-11-7-4-8-12-23/h3-13,18-19,25,29,33H,14-17,20H2,1-2H3,(H,31,36). The summed E-state index contributed by atoms with van der Waals surface area (Å²) in [4.78, 5) is 35.0. The maximum Gasteiger partial charge on any atom is 0.257 e. The molecule has 190 valence electrons. The molecule has 2 aliphatic rings. The summed E-state index contributed by atoms with van der Waals surface area (Å²) in [7, 11) is 1.66. The molecule has 2 N–H and O–H groups in total. The normalized spacial score (nSPS) is 17.5. The molecule has 37 heavy (non-hydrogen) atoms. The highest BCUT2D eigenvalue weighted by Crippen LogP contribution is 2.34. The van der Waals surface area contributed by atoms with Crippen LogP contribution in [0.4, 0.5) is 5.69 Å². The van der Waals surface area contributed by atoms with Gasteiger partial charge in [-0.25, -0.2) is 0 Å². The Labute approximate surface area is 218 Å². The molecule has 1 aromatic heterocycles. The molecule has 2 aromatic carbocycles. The lowest BCUT2D eigenvalue weighted by Gasteiger charge is -2.45. The van der Waals surface area contributed by atoms with Crippen molar-refractivity contribution in [3.8, 4) is 0 Å². The first-order valence-electron chi connectivity index (χ1n) is 12.8. The smallest absolute Gasteiger partial charge is 0.257 e. The lowest BCUT2D eigenvalue weighted by atomic mass is 9.93. The fraction of sp³-hybridized carbons (Fsp3) is 0.300. The maximum atomic E-state index is 13.8. The van der Waals surface area contributed by atoms with Crippen LogP contribution < -0.4 is 10.6 Å². The van der Waals surface area contributed by atoms with E-state index in [2.05, 4.69) is 50.9 Å². The van der Waals surface area contributed by atoms with Crippen molar-refractivity contribution < 1.29 is 9.59 Å². The number of rotatable bonds is 6. The molecule has 7 nitrogen and oxygen atoms in total. The summed E-state index contributed by atoms with van der Waals surface area (Å²) in [6.45, 7) is 3.68. The number of carbonyl (C=O) groups is 2. The van der Waals surface area contributed by atoms with Crippen molar-refractivity contribution in [2.75, 3.05) is 32.0 Å². The van der Waals surface area contributed by atoms with Crippen molar-refractivity contribution >= 4 is 17.5 Å². The Kier molecular flexibility index (Phi) is 7.32. The Morgan fingerprint density at radius 3 is 2.35 bits per heavy atom. The second-order valence-electron chi connectivity index (χ2n) is 9.68. The van der Waals surface area contributed by atoms with E-state index in [0.717, 1.165) is 23.4 Å². The Morgan fingerprint density at radius 2 is 1.70 bits per heavy atom. The number of hydrogen-bond donors (Lipinski definition) is 2. The second-order valence-corrected chi connectivity index (χ2v) is 9.68. The SMILES string of the molecule is CNC(=O)CC1CN(C(=O)c2cncc3c2NC(C)=CC3)CCN1C(c1ccccc1)c1ccccc1. The number of nitrogens with one attached hydrogen (secondary N) is 2. The van der Waals surface area contributed by atoms with E-state index in [-0.39, 0.29) is 23.9 Å². The average molecular weight is 496 g/mol. The molecule has 2 amide bonds. The maximum absolute atomic E-state index is 13.8. The van der Waals surface area contributed by atoms with Crippen LogP contribution in [0, 0.1) is 0 Å². The largest absolute Gasteiger partial charge is 0.359 e. The first-order valence-corrected chi connectivity index (χ1v) is 12.8. The van der Waals surface area contributed by atoms with E-state index in [0.29, 0.717) is 31.6 Å². The summed E-state index contributed by atoms with van der Waals surface area (Å²) < 4.78 is 0. The third-order valence-corrected chi connectivity index (χ3v) is 7.28. The number of nitrogens with zero attached hydrogens (tertiary/aromatic N) is 3. The minimum atomic E-state index is -0.148. The van der Waals surface area contributed by atoms with E-state index in [4.69, 9.17) is 0 Å². The van der Waals surface area contributed by atoms with E-state index in [1.54, 1.807) is 13.2 Å². The number of fused-ring (bicyclic) bond motifs is 1. The van der Waals surface area contributed by atoms with Crippen LogP contribution in [-0.4, -0.2) is 59.3 Å². The fourth-order valence-electron chi connectivity index (χ4n) is 5.39.